The van der Waals surface area contributed by atoms with Crippen LogP contribution >= 0.6 is 0 Å². The molecule has 0 radical (unpaired) electrons. The van der Waals surface area contributed by atoms with Crippen LogP contribution in [0.4, 0.5) is 0 Å². The molecule has 0 saturated heterocycles. The molecule has 1 aliphatic heterocycles. The Kier molecular flexibility index (Phi) is 4.82. The molecule has 4 nitrogen and oxygen atoms in total. The second-order valence-corrected chi connectivity index (χ2v) is 4.83. The molecule has 0 fully saturated rings. The molecular formula is C16H20N2O2. The molecule has 106 valence electrons. The normalized spacial score (nSPS) is 14.6. The topological polar surface area (TPSA) is 55.6 Å². The summed E-state index contributed by atoms with van der Waals surface area (Å²) in [6.45, 7) is 1.35. The minimum Gasteiger partial charge on any atom is -0.487 e. The second kappa shape index (κ2) is 6.80. The lowest BCUT2D eigenvalue weighted by Gasteiger charge is -2.27. The number of likely N-dealkylation sites (N-methyl/N-ethyl adjacent to an activating group) is 1. The molecule has 1 heterocycles. The lowest BCUT2D eigenvalue weighted by atomic mass is 10.1. The number of hydrogen-bond donors (Lipinski definition) is 1. The van der Waals surface area contributed by atoms with Crippen molar-refractivity contribution in [2.45, 2.75) is 19.4 Å². The van der Waals surface area contributed by atoms with Gasteiger partial charge in [0.1, 0.15) is 12.4 Å². The zero-order valence-corrected chi connectivity index (χ0v) is 11.7. The van der Waals surface area contributed by atoms with Crippen molar-refractivity contribution in [2.75, 3.05) is 13.6 Å². The van der Waals surface area contributed by atoms with Gasteiger partial charge in [0.25, 0.3) is 0 Å². The van der Waals surface area contributed by atoms with E-state index in [1.54, 1.807) is 0 Å². The number of benzene rings is 1. The molecule has 0 atom stereocenters. The maximum atomic E-state index is 11.0. The summed E-state index contributed by atoms with van der Waals surface area (Å²) in [5, 5.41) is 0. The van der Waals surface area contributed by atoms with Crippen molar-refractivity contribution in [1.29, 1.82) is 0 Å². The predicted molar refractivity (Wildman–Crippen MR) is 78.5 cm³/mol. The van der Waals surface area contributed by atoms with E-state index in [2.05, 4.69) is 4.90 Å². The third-order valence-electron chi connectivity index (χ3n) is 3.24. The van der Waals surface area contributed by atoms with Crippen molar-refractivity contribution >= 4 is 5.91 Å². The van der Waals surface area contributed by atoms with E-state index in [1.165, 1.54) is 0 Å². The Morgan fingerprint density at radius 1 is 1.35 bits per heavy atom. The van der Waals surface area contributed by atoms with Gasteiger partial charge < -0.3 is 15.4 Å². The molecule has 1 amide bonds. The van der Waals surface area contributed by atoms with Gasteiger partial charge in [0.2, 0.25) is 5.91 Å². The van der Waals surface area contributed by atoms with Crippen molar-refractivity contribution in [3.8, 4) is 0 Å². The summed E-state index contributed by atoms with van der Waals surface area (Å²) in [5.41, 5.74) is 7.38. The zero-order chi connectivity index (χ0) is 14.4. The summed E-state index contributed by atoms with van der Waals surface area (Å²) in [7, 11) is 1.99. The summed E-state index contributed by atoms with van der Waals surface area (Å²) in [6.07, 6.45) is 4.97. The number of carbonyl (C=O) groups excluding carboxylic acids is 1. The van der Waals surface area contributed by atoms with Crippen LogP contribution in [0.5, 0.6) is 0 Å². The van der Waals surface area contributed by atoms with E-state index in [4.69, 9.17) is 10.5 Å². The van der Waals surface area contributed by atoms with Gasteiger partial charge in [0, 0.05) is 20.0 Å². The average Bonchev–Trinajstić information content (AvgIpc) is 2.45. The minimum atomic E-state index is -0.289. The number of hydrogen-bond acceptors (Lipinski definition) is 3. The summed E-state index contributed by atoms with van der Waals surface area (Å²) in [6, 6.07) is 10.0. The van der Waals surface area contributed by atoms with Crippen LogP contribution in [0.25, 0.3) is 0 Å². The molecule has 20 heavy (non-hydrogen) atoms. The molecule has 4 heteroatoms. The molecule has 1 aromatic rings. The van der Waals surface area contributed by atoms with E-state index in [9.17, 15) is 4.79 Å². The van der Waals surface area contributed by atoms with Crippen LogP contribution in [0.2, 0.25) is 0 Å². The van der Waals surface area contributed by atoms with Crippen LogP contribution in [0.3, 0.4) is 0 Å². The predicted octanol–water partition coefficient (Wildman–Crippen LogP) is 2.18. The second-order valence-electron chi connectivity index (χ2n) is 4.83. The van der Waals surface area contributed by atoms with E-state index >= 15 is 0 Å². The standard InChI is InChI=1S/C16H20N2O2/c1-18-11-5-8-15(14(18)9-10-16(17)19)20-12-13-6-3-2-4-7-13/h2-8H,9-12H2,1H3,(H2,17,19). The van der Waals surface area contributed by atoms with Crippen molar-refractivity contribution in [3.05, 3.63) is 59.5 Å². The number of nitrogens with two attached hydrogens (primary N) is 1. The van der Waals surface area contributed by atoms with Crippen LogP contribution in [0.15, 0.2) is 53.9 Å². The lowest BCUT2D eigenvalue weighted by molar-refractivity contribution is -0.118. The molecule has 0 unspecified atom stereocenters. The number of amides is 1. The van der Waals surface area contributed by atoms with Gasteiger partial charge in [-0.1, -0.05) is 36.4 Å². The minimum absolute atomic E-state index is 0.289. The Morgan fingerprint density at radius 3 is 2.80 bits per heavy atom. The number of nitrogens with zero attached hydrogens (tertiary/aromatic N) is 1. The van der Waals surface area contributed by atoms with Crippen LogP contribution in [-0.2, 0) is 16.1 Å². The van der Waals surface area contributed by atoms with Gasteiger partial charge in [-0.25, -0.2) is 0 Å². The van der Waals surface area contributed by atoms with Gasteiger partial charge in [0.05, 0.1) is 5.70 Å². The van der Waals surface area contributed by atoms with Gasteiger partial charge in [-0.05, 0) is 18.1 Å². The fourth-order valence-corrected chi connectivity index (χ4v) is 2.13. The molecule has 0 bridgehead atoms. The van der Waals surface area contributed by atoms with E-state index in [0.717, 1.165) is 23.6 Å². The van der Waals surface area contributed by atoms with Gasteiger partial charge in [-0.3, -0.25) is 4.79 Å². The quantitative estimate of drug-likeness (QED) is 0.863. The van der Waals surface area contributed by atoms with Gasteiger partial charge >= 0.3 is 0 Å². The number of ether oxygens (including phenoxy) is 1. The monoisotopic (exact) mass is 272 g/mol. The van der Waals surface area contributed by atoms with Crippen LogP contribution in [-0.4, -0.2) is 24.4 Å². The highest BCUT2D eigenvalue weighted by molar-refractivity contribution is 5.74. The SMILES string of the molecule is CN1CC=CC(OCc2ccccc2)=C1CCC(N)=O. The average molecular weight is 272 g/mol. The smallest absolute Gasteiger partial charge is 0.217 e. The largest absolute Gasteiger partial charge is 0.487 e. The Hall–Kier alpha value is -2.23. The first kappa shape index (κ1) is 14.2. The fourth-order valence-electron chi connectivity index (χ4n) is 2.13. The fraction of sp³-hybridized carbons (Fsp3) is 0.312. The highest BCUT2D eigenvalue weighted by Gasteiger charge is 2.15. The summed E-state index contributed by atoms with van der Waals surface area (Å²) < 4.78 is 5.88. The van der Waals surface area contributed by atoms with E-state index in [0.29, 0.717) is 19.4 Å². The Balaban J connectivity index is 2.06. The maximum Gasteiger partial charge on any atom is 0.217 e. The number of primary amides is 1. The number of allylic oxidation sites excluding steroid dienone is 2. The van der Waals surface area contributed by atoms with Gasteiger partial charge in [-0.15, -0.1) is 0 Å². The van der Waals surface area contributed by atoms with E-state index < -0.39 is 0 Å². The van der Waals surface area contributed by atoms with Crippen LogP contribution < -0.4 is 5.73 Å². The van der Waals surface area contributed by atoms with E-state index in [1.807, 2.05) is 49.5 Å². The molecule has 0 spiro atoms. The summed E-state index contributed by atoms with van der Waals surface area (Å²) in [4.78, 5) is 13.0. The van der Waals surface area contributed by atoms with Gasteiger partial charge in [-0.2, -0.15) is 0 Å². The van der Waals surface area contributed by atoms with E-state index in [-0.39, 0.29) is 5.91 Å². The molecule has 0 aliphatic carbocycles. The molecule has 2 N–H and O–H groups in total. The molecule has 1 aromatic carbocycles. The number of carbonyl (C=O) groups is 1. The van der Waals surface area contributed by atoms with Crippen molar-refractivity contribution in [3.63, 3.8) is 0 Å². The van der Waals surface area contributed by atoms with Crippen LogP contribution in [0, 0.1) is 0 Å². The van der Waals surface area contributed by atoms with Crippen molar-refractivity contribution in [1.82, 2.24) is 4.90 Å². The molecule has 2 rings (SSSR count). The molecule has 0 saturated carbocycles. The molecule has 1 aliphatic rings. The first-order chi connectivity index (χ1) is 9.66. The first-order valence-corrected chi connectivity index (χ1v) is 6.72. The third-order valence-corrected chi connectivity index (χ3v) is 3.24. The van der Waals surface area contributed by atoms with Gasteiger partial charge in [0.15, 0.2) is 0 Å². The summed E-state index contributed by atoms with van der Waals surface area (Å²) >= 11 is 0. The Morgan fingerprint density at radius 2 is 2.10 bits per heavy atom. The molecule has 0 aromatic heterocycles. The Bertz CT molecular complexity index is 521. The van der Waals surface area contributed by atoms with Crippen LogP contribution in [0.1, 0.15) is 18.4 Å². The Labute approximate surface area is 119 Å². The third kappa shape index (κ3) is 3.88. The number of rotatable bonds is 6. The summed E-state index contributed by atoms with van der Waals surface area (Å²) in [5.74, 6) is 0.534. The van der Waals surface area contributed by atoms with Crippen molar-refractivity contribution in [2.24, 2.45) is 5.73 Å². The zero-order valence-electron chi connectivity index (χ0n) is 11.7. The molecular weight excluding hydrogens is 252 g/mol. The highest BCUT2D eigenvalue weighted by atomic mass is 16.5. The first-order valence-electron chi connectivity index (χ1n) is 6.72. The highest BCUT2D eigenvalue weighted by Crippen LogP contribution is 2.22. The maximum absolute atomic E-state index is 11.0. The van der Waals surface area contributed by atoms with Crippen molar-refractivity contribution < 1.29 is 9.53 Å². The lowest BCUT2D eigenvalue weighted by Crippen LogP contribution is -2.24.